The van der Waals surface area contributed by atoms with E-state index < -0.39 is 17.8 Å². The number of allylic oxidation sites excluding steroid dienone is 4. The van der Waals surface area contributed by atoms with E-state index in [1.807, 2.05) is 0 Å². The number of rotatable bonds is 38. The Hall–Kier alpha value is -2.04. The summed E-state index contributed by atoms with van der Waals surface area (Å²) in [6, 6.07) is -0.827. The van der Waals surface area contributed by atoms with Crippen molar-refractivity contribution in [2.24, 2.45) is 4.99 Å². The van der Waals surface area contributed by atoms with E-state index in [0.717, 1.165) is 30.6 Å². The van der Waals surface area contributed by atoms with E-state index in [0.29, 0.717) is 12.8 Å². The van der Waals surface area contributed by atoms with Crippen LogP contribution in [-0.4, -0.2) is 29.5 Å². The summed E-state index contributed by atoms with van der Waals surface area (Å²) in [5.41, 5.74) is 0. The summed E-state index contributed by atoms with van der Waals surface area (Å²) >= 11 is 0. The van der Waals surface area contributed by atoms with Crippen LogP contribution in [0.15, 0.2) is 29.3 Å². The second-order valence-electron chi connectivity index (χ2n) is 15.1. The smallest absolute Gasteiger partial charge is 0.274 e. The molecule has 0 aliphatic heterocycles. The first kappa shape index (κ1) is 49.0. The van der Waals surface area contributed by atoms with Gasteiger partial charge < -0.3 is 0 Å². The lowest BCUT2D eigenvalue weighted by Crippen LogP contribution is -2.40. The van der Waals surface area contributed by atoms with E-state index in [1.165, 1.54) is 180 Å². The summed E-state index contributed by atoms with van der Waals surface area (Å²) in [4.78, 5) is 41.9. The summed E-state index contributed by atoms with van der Waals surface area (Å²) in [5.74, 6) is -0.849. The van der Waals surface area contributed by atoms with Gasteiger partial charge >= 0.3 is 6.03 Å². The first-order valence-corrected chi connectivity index (χ1v) is 22.2. The van der Waals surface area contributed by atoms with Gasteiger partial charge in [-0.3, -0.25) is 9.59 Å². The third kappa shape index (κ3) is 34.8. The fourth-order valence-electron chi connectivity index (χ4n) is 6.75. The number of carbonyl (C=O) groups is 3. The van der Waals surface area contributed by atoms with E-state index in [4.69, 9.17) is 0 Å². The number of hydrogen-bond donors (Lipinski definition) is 0. The Labute approximate surface area is 317 Å². The zero-order valence-electron chi connectivity index (χ0n) is 34.1. The van der Waals surface area contributed by atoms with E-state index >= 15 is 0 Å². The molecule has 0 aliphatic carbocycles. The second-order valence-corrected chi connectivity index (χ2v) is 15.1. The molecule has 0 saturated carbocycles. The van der Waals surface area contributed by atoms with Crippen LogP contribution >= 0.6 is 0 Å². The number of hydrogen-bond acceptors (Lipinski definition) is 3. The lowest BCUT2D eigenvalue weighted by Gasteiger charge is -2.16. The van der Waals surface area contributed by atoms with Crippen molar-refractivity contribution in [1.82, 2.24) is 4.90 Å². The van der Waals surface area contributed by atoms with Gasteiger partial charge in [-0.15, -0.1) is 0 Å². The average molecular weight is 713 g/mol. The van der Waals surface area contributed by atoms with Crippen molar-refractivity contribution in [1.29, 1.82) is 0 Å². The summed E-state index contributed by atoms with van der Waals surface area (Å²) in [6.07, 6.45) is 52.0. The molecule has 0 aromatic heterocycles. The summed E-state index contributed by atoms with van der Waals surface area (Å²) < 4.78 is 0. The van der Waals surface area contributed by atoms with Crippen molar-refractivity contribution in [2.45, 2.75) is 245 Å². The van der Waals surface area contributed by atoms with Gasteiger partial charge in [0.2, 0.25) is 11.8 Å². The minimum Gasteiger partial charge on any atom is -0.274 e. The average Bonchev–Trinajstić information content (AvgIpc) is 3.13. The molecule has 5 nitrogen and oxygen atoms in total. The van der Waals surface area contributed by atoms with Gasteiger partial charge in [0, 0.05) is 12.8 Å². The molecule has 0 spiro atoms. The van der Waals surface area contributed by atoms with E-state index in [-0.39, 0.29) is 12.8 Å². The van der Waals surface area contributed by atoms with Gasteiger partial charge in [0.15, 0.2) is 0 Å². The molecule has 0 bridgehead atoms. The lowest BCUT2D eigenvalue weighted by molar-refractivity contribution is -0.140. The van der Waals surface area contributed by atoms with Crippen molar-refractivity contribution in [3.05, 3.63) is 24.3 Å². The first-order valence-electron chi connectivity index (χ1n) is 22.2. The zero-order chi connectivity index (χ0) is 37.3. The van der Waals surface area contributed by atoms with Gasteiger partial charge in [-0.2, -0.15) is 4.90 Å². The van der Waals surface area contributed by atoms with Crippen LogP contribution in [0, 0.1) is 0 Å². The maximum atomic E-state index is 12.8. The van der Waals surface area contributed by atoms with Gasteiger partial charge in [0.25, 0.3) is 0 Å². The van der Waals surface area contributed by atoms with E-state index in [2.05, 4.69) is 49.9 Å². The molecule has 5 heteroatoms. The predicted octanol–water partition coefficient (Wildman–Crippen LogP) is 15.4. The molecule has 0 aromatic carbocycles. The maximum absolute atomic E-state index is 12.8. The van der Waals surface area contributed by atoms with Gasteiger partial charge in [-0.1, -0.05) is 192 Å². The second kappa shape index (κ2) is 40.7. The number of unbranched alkanes of at least 4 members (excludes halogenated alkanes) is 30. The number of nitrogens with zero attached hydrogens (tertiary/aromatic N) is 2. The van der Waals surface area contributed by atoms with Gasteiger partial charge in [0.05, 0.1) is 0 Å². The molecule has 51 heavy (non-hydrogen) atoms. The molecule has 0 N–H and O–H groups in total. The van der Waals surface area contributed by atoms with Gasteiger partial charge in [0.1, 0.15) is 0 Å². The van der Waals surface area contributed by atoms with Crippen LogP contribution in [-0.2, 0) is 9.59 Å². The molecule has 0 fully saturated rings. The Morgan fingerprint density at radius 3 is 0.882 bits per heavy atom. The molecule has 0 saturated heterocycles. The number of aliphatic imine (C=N–C) groups is 1. The highest BCUT2D eigenvalue weighted by molar-refractivity contribution is 6.11. The molecular weight excluding hydrogens is 629 g/mol. The predicted molar refractivity (Wildman–Crippen MR) is 223 cm³/mol. The van der Waals surface area contributed by atoms with Crippen LogP contribution in [0.25, 0.3) is 0 Å². The van der Waals surface area contributed by atoms with Crippen LogP contribution in [0.2, 0.25) is 0 Å². The van der Waals surface area contributed by atoms with Crippen molar-refractivity contribution < 1.29 is 14.4 Å². The highest BCUT2D eigenvalue weighted by Gasteiger charge is 2.26. The number of amides is 4. The van der Waals surface area contributed by atoms with Gasteiger partial charge in [-0.25, -0.2) is 9.79 Å². The fraction of sp³-hybridized carbons (Fsp3) is 0.826. The molecule has 0 rings (SSSR count). The standard InChI is InChI=1S/C46H84N2O3/c1-4-6-8-10-12-14-16-18-20-22-24-26-28-30-32-34-36-38-40-42-44(49)48(46(51)47-3)45(50)43-41-39-37-35-33-31-29-27-25-23-21-19-17-15-13-11-9-7-5-2/h18-21H,3-17,22-43H2,1-2H3/b20-18-,21-19-. The third-order valence-corrected chi connectivity index (χ3v) is 10.1. The largest absolute Gasteiger partial charge is 0.356 e. The van der Waals surface area contributed by atoms with Crippen LogP contribution < -0.4 is 0 Å². The highest BCUT2D eigenvalue weighted by Crippen LogP contribution is 2.16. The summed E-state index contributed by atoms with van der Waals surface area (Å²) in [5, 5.41) is 0. The minimum atomic E-state index is -0.827. The Kier molecular flexibility index (Phi) is 39.1. The van der Waals surface area contributed by atoms with E-state index in [1.54, 1.807) is 0 Å². The Balaban J connectivity index is 3.74. The normalized spacial score (nSPS) is 11.6. The summed E-state index contributed by atoms with van der Waals surface area (Å²) in [7, 11) is 0. The Bertz CT molecular complexity index is 805. The summed E-state index contributed by atoms with van der Waals surface area (Å²) in [6.45, 7) is 7.81. The van der Waals surface area contributed by atoms with Crippen LogP contribution in [0.3, 0.4) is 0 Å². The molecule has 4 amide bonds. The van der Waals surface area contributed by atoms with Crippen LogP contribution in [0.4, 0.5) is 4.79 Å². The topological polar surface area (TPSA) is 66.8 Å². The minimum absolute atomic E-state index is 0.217. The van der Waals surface area contributed by atoms with Crippen LogP contribution in [0.5, 0.6) is 0 Å². The Morgan fingerprint density at radius 2 is 0.627 bits per heavy atom. The van der Waals surface area contributed by atoms with Crippen molar-refractivity contribution in [3.8, 4) is 0 Å². The molecular formula is C46H84N2O3. The number of carbonyl (C=O) groups excluding carboxylic acids is 3. The highest BCUT2D eigenvalue weighted by atomic mass is 16.2. The lowest BCUT2D eigenvalue weighted by atomic mass is 10.0. The zero-order valence-corrected chi connectivity index (χ0v) is 34.1. The molecule has 0 heterocycles. The van der Waals surface area contributed by atoms with Crippen LogP contribution in [0.1, 0.15) is 245 Å². The Morgan fingerprint density at radius 1 is 0.392 bits per heavy atom. The maximum Gasteiger partial charge on any atom is 0.356 e. The number of imide groups is 3. The van der Waals surface area contributed by atoms with E-state index in [9.17, 15) is 14.4 Å². The molecule has 0 aliphatic rings. The molecule has 0 radical (unpaired) electrons. The monoisotopic (exact) mass is 713 g/mol. The molecule has 0 aromatic rings. The molecule has 0 unspecified atom stereocenters. The van der Waals surface area contributed by atoms with Crippen molar-refractivity contribution >= 4 is 24.6 Å². The molecule has 0 atom stereocenters. The number of urea groups is 1. The van der Waals surface area contributed by atoms with Crippen molar-refractivity contribution in [2.75, 3.05) is 0 Å². The van der Waals surface area contributed by atoms with Gasteiger partial charge in [-0.05, 0) is 70.9 Å². The quantitative estimate of drug-likeness (QED) is 0.0363. The first-order chi connectivity index (χ1) is 25.1. The van der Waals surface area contributed by atoms with Crippen molar-refractivity contribution in [3.63, 3.8) is 0 Å². The third-order valence-electron chi connectivity index (χ3n) is 10.1. The fourth-order valence-corrected chi connectivity index (χ4v) is 6.75. The molecule has 296 valence electrons. The SMILES string of the molecule is C=NC(=O)N(C(=O)CCCCCCCCCCC/C=C\CCCCCCCC)C(=O)CCCCCCCCCCC/C=C\CCCCCCCC.